The predicted molar refractivity (Wildman–Crippen MR) is 132 cm³/mol. The molecule has 0 spiro atoms. The number of hydrogen-bond donors (Lipinski definition) is 3. The molecule has 0 fully saturated rings. The molecule has 2 amide bonds. The van der Waals surface area contributed by atoms with Crippen molar-refractivity contribution < 1.29 is 9.18 Å². The third-order valence-electron chi connectivity index (χ3n) is 5.83. The molecule has 0 saturated carbocycles. The van der Waals surface area contributed by atoms with Gasteiger partial charge in [0.25, 0.3) is 0 Å². The number of benzene rings is 3. The Morgan fingerprint density at radius 2 is 1.82 bits per heavy atom. The van der Waals surface area contributed by atoms with E-state index in [9.17, 15) is 9.18 Å². The summed E-state index contributed by atoms with van der Waals surface area (Å²) in [4.78, 5) is 20.7. The first-order chi connectivity index (χ1) is 16.4. The maximum absolute atomic E-state index is 13.6. The standard InChI is InChI=1S/C26H23FN6O/c1-15-10-21-22(11-16(15)2)33-23(18-6-8-20(9-7-18)31-26(28)34)14-30-25(33)24(32-21)29-13-17-4-3-5-19(27)12-17/h3-12,14H,13H2,1-2H3,(H,29,32)(H3,28,31,34). The second-order valence-corrected chi connectivity index (χ2v) is 8.24. The Hall–Kier alpha value is -4.46. The van der Waals surface area contributed by atoms with Crippen molar-refractivity contribution >= 4 is 34.2 Å². The highest BCUT2D eigenvalue weighted by molar-refractivity contribution is 5.89. The van der Waals surface area contributed by atoms with E-state index >= 15 is 0 Å². The number of rotatable bonds is 5. The van der Waals surface area contributed by atoms with Crippen molar-refractivity contribution in [3.63, 3.8) is 0 Å². The monoisotopic (exact) mass is 454 g/mol. The summed E-state index contributed by atoms with van der Waals surface area (Å²) in [5.74, 6) is 0.331. The van der Waals surface area contributed by atoms with Crippen molar-refractivity contribution in [2.24, 2.45) is 5.73 Å². The lowest BCUT2D eigenvalue weighted by molar-refractivity contribution is 0.259. The predicted octanol–water partition coefficient (Wildman–Crippen LogP) is 5.41. The molecule has 7 nitrogen and oxygen atoms in total. The minimum absolute atomic E-state index is 0.278. The number of aromatic nitrogens is 3. The number of hydrogen-bond acceptors (Lipinski definition) is 4. The molecule has 0 unspecified atom stereocenters. The van der Waals surface area contributed by atoms with Gasteiger partial charge in [0.2, 0.25) is 0 Å². The SMILES string of the molecule is Cc1cc2nc(NCc3cccc(F)c3)c3ncc(-c4ccc(NC(N)=O)cc4)n3c2cc1C. The van der Waals surface area contributed by atoms with Gasteiger partial charge in [-0.25, -0.2) is 19.2 Å². The quantitative estimate of drug-likeness (QED) is 0.331. The van der Waals surface area contributed by atoms with Crippen LogP contribution in [0.4, 0.5) is 20.7 Å². The number of carbonyl (C=O) groups excluding carboxylic acids is 1. The maximum atomic E-state index is 13.6. The van der Waals surface area contributed by atoms with Crippen molar-refractivity contribution in [3.05, 3.63) is 89.4 Å². The molecule has 3 aromatic carbocycles. The van der Waals surface area contributed by atoms with E-state index in [1.807, 2.05) is 18.2 Å². The number of nitrogens with two attached hydrogens (primary N) is 1. The summed E-state index contributed by atoms with van der Waals surface area (Å²) in [5.41, 5.74) is 13.1. The lowest BCUT2D eigenvalue weighted by atomic mass is 10.1. The van der Waals surface area contributed by atoms with Gasteiger partial charge < -0.3 is 16.4 Å². The number of aryl methyl sites for hydroxylation is 2. The Labute approximate surface area is 195 Å². The van der Waals surface area contributed by atoms with Crippen LogP contribution in [0.1, 0.15) is 16.7 Å². The van der Waals surface area contributed by atoms with Gasteiger partial charge in [-0.3, -0.25) is 4.40 Å². The Morgan fingerprint density at radius 3 is 2.56 bits per heavy atom. The van der Waals surface area contributed by atoms with Gasteiger partial charge in [-0.05, 0) is 66.9 Å². The number of amides is 2. The van der Waals surface area contributed by atoms with Crippen molar-refractivity contribution in [1.29, 1.82) is 0 Å². The molecule has 34 heavy (non-hydrogen) atoms. The molecular formula is C26H23FN6O. The van der Waals surface area contributed by atoms with Crippen molar-refractivity contribution in [2.45, 2.75) is 20.4 Å². The molecule has 2 heterocycles. The smallest absolute Gasteiger partial charge is 0.316 e. The number of primary amides is 1. The number of nitrogens with zero attached hydrogens (tertiary/aromatic N) is 3. The Kier molecular flexibility index (Phi) is 5.33. The number of imidazole rings is 1. The Bertz CT molecular complexity index is 1540. The summed E-state index contributed by atoms with van der Waals surface area (Å²) in [6.07, 6.45) is 1.80. The van der Waals surface area contributed by atoms with E-state index in [1.165, 1.54) is 12.1 Å². The summed E-state index contributed by atoms with van der Waals surface area (Å²) in [7, 11) is 0. The molecule has 0 aliphatic carbocycles. The maximum Gasteiger partial charge on any atom is 0.316 e. The van der Waals surface area contributed by atoms with Gasteiger partial charge in [0.1, 0.15) is 5.82 Å². The first-order valence-electron chi connectivity index (χ1n) is 10.8. The van der Waals surface area contributed by atoms with Gasteiger partial charge in [0.15, 0.2) is 11.5 Å². The topological polar surface area (TPSA) is 97.3 Å². The molecule has 0 aliphatic heterocycles. The van der Waals surface area contributed by atoms with Crippen LogP contribution < -0.4 is 16.4 Å². The number of urea groups is 1. The van der Waals surface area contributed by atoms with Crippen LogP contribution in [0.15, 0.2) is 66.9 Å². The van der Waals surface area contributed by atoms with Crippen LogP contribution >= 0.6 is 0 Å². The number of carbonyl (C=O) groups is 1. The molecule has 0 saturated heterocycles. The first-order valence-corrected chi connectivity index (χ1v) is 10.8. The van der Waals surface area contributed by atoms with E-state index in [4.69, 9.17) is 10.7 Å². The van der Waals surface area contributed by atoms with Crippen LogP contribution in [0.25, 0.3) is 27.9 Å². The zero-order chi connectivity index (χ0) is 23.8. The zero-order valence-electron chi connectivity index (χ0n) is 18.8. The van der Waals surface area contributed by atoms with Gasteiger partial charge in [-0.15, -0.1) is 0 Å². The fraction of sp³-hybridized carbons (Fsp3) is 0.115. The molecule has 4 N–H and O–H groups in total. The van der Waals surface area contributed by atoms with E-state index in [-0.39, 0.29) is 5.82 Å². The zero-order valence-corrected chi connectivity index (χ0v) is 18.8. The summed E-state index contributed by atoms with van der Waals surface area (Å²) >= 11 is 0. The third kappa shape index (κ3) is 4.01. The van der Waals surface area contributed by atoms with Crippen LogP contribution in [0.3, 0.4) is 0 Å². The minimum Gasteiger partial charge on any atom is -0.363 e. The summed E-state index contributed by atoms with van der Waals surface area (Å²) in [6, 6.07) is 17.4. The fourth-order valence-corrected chi connectivity index (χ4v) is 4.01. The van der Waals surface area contributed by atoms with Gasteiger partial charge >= 0.3 is 6.03 Å². The summed E-state index contributed by atoms with van der Waals surface area (Å²) < 4.78 is 15.7. The Balaban J connectivity index is 1.64. The third-order valence-corrected chi connectivity index (χ3v) is 5.83. The second kappa shape index (κ2) is 8.47. The molecule has 8 heteroatoms. The van der Waals surface area contributed by atoms with Crippen molar-refractivity contribution in [3.8, 4) is 11.3 Å². The number of anilines is 2. The number of halogens is 1. The number of fused-ring (bicyclic) bond motifs is 3. The number of nitrogens with one attached hydrogen (secondary N) is 2. The normalized spacial score (nSPS) is 11.1. The minimum atomic E-state index is -0.612. The molecule has 0 bridgehead atoms. The van der Waals surface area contributed by atoms with Crippen LogP contribution in [-0.2, 0) is 6.54 Å². The van der Waals surface area contributed by atoms with Crippen LogP contribution in [-0.4, -0.2) is 20.4 Å². The molecule has 5 rings (SSSR count). The summed E-state index contributed by atoms with van der Waals surface area (Å²) in [6.45, 7) is 4.53. The average molecular weight is 455 g/mol. The van der Waals surface area contributed by atoms with E-state index in [0.29, 0.717) is 23.7 Å². The van der Waals surface area contributed by atoms with E-state index in [0.717, 1.165) is 39.0 Å². The molecule has 5 aromatic rings. The van der Waals surface area contributed by atoms with Gasteiger partial charge in [-0.1, -0.05) is 24.3 Å². The fourth-order valence-electron chi connectivity index (χ4n) is 4.01. The van der Waals surface area contributed by atoms with Crippen LogP contribution in [0.2, 0.25) is 0 Å². The van der Waals surface area contributed by atoms with Crippen LogP contribution in [0, 0.1) is 19.7 Å². The van der Waals surface area contributed by atoms with E-state index in [1.54, 1.807) is 24.4 Å². The lowest BCUT2D eigenvalue weighted by Crippen LogP contribution is -2.19. The highest BCUT2D eigenvalue weighted by Gasteiger charge is 2.16. The van der Waals surface area contributed by atoms with Gasteiger partial charge in [0.05, 0.1) is 22.9 Å². The van der Waals surface area contributed by atoms with E-state index in [2.05, 4.69) is 46.0 Å². The highest BCUT2D eigenvalue weighted by Crippen LogP contribution is 2.30. The van der Waals surface area contributed by atoms with Crippen molar-refractivity contribution in [1.82, 2.24) is 14.4 Å². The van der Waals surface area contributed by atoms with Gasteiger partial charge in [0, 0.05) is 17.8 Å². The van der Waals surface area contributed by atoms with Crippen molar-refractivity contribution in [2.75, 3.05) is 10.6 Å². The molecule has 0 aliphatic rings. The van der Waals surface area contributed by atoms with Gasteiger partial charge in [-0.2, -0.15) is 0 Å². The molecule has 0 radical (unpaired) electrons. The highest BCUT2D eigenvalue weighted by atomic mass is 19.1. The average Bonchev–Trinajstić information content (AvgIpc) is 3.24. The van der Waals surface area contributed by atoms with E-state index < -0.39 is 6.03 Å². The molecular weight excluding hydrogens is 431 g/mol. The molecule has 0 atom stereocenters. The molecule has 2 aromatic heterocycles. The largest absolute Gasteiger partial charge is 0.363 e. The lowest BCUT2D eigenvalue weighted by Gasteiger charge is -2.13. The second-order valence-electron chi connectivity index (χ2n) is 8.24. The first kappa shape index (κ1) is 21.4. The molecule has 170 valence electrons. The summed E-state index contributed by atoms with van der Waals surface area (Å²) in [5, 5.41) is 5.90. The Morgan fingerprint density at radius 1 is 1.06 bits per heavy atom. The van der Waals surface area contributed by atoms with Crippen LogP contribution in [0.5, 0.6) is 0 Å².